The number of aldehydes is 3. The number of ketones is 1. The van der Waals surface area contributed by atoms with Crippen molar-refractivity contribution in [2.75, 3.05) is 0 Å². The number of allylic oxidation sites excluding steroid dienone is 1. The van der Waals surface area contributed by atoms with E-state index in [2.05, 4.69) is 6.58 Å². The topological polar surface area (TPSA) is 68.3 Å². The van der Waals surface area contributed by atoms with E-state index in [4.69, 9.17) is 9.59 Å². The Kier molecular flexibility index (Phi) is 61.1. The van der Waals surface area contributed by atoms with E-state index in [-0.39, 0.29) is 5.78 Å². The number of carbonyl (C=O) groups excluding carboxylic acids is 4. The molecule has 0 radical (unpaired) electrons. The molecule has 0 spiro atoms. The monoisotopic (exact) mass is 216 g/mol. The second kappa shape index (κ2) is 39.3. The summed E-state index contributed by atoms with van der Waals surface area (Å²) in [4.78, 5) is 36.5. The van der Waals surface area contributed by atoms with Gasteiger partial charge in [0.25, 0.3) is 0 Å². The molecule has 0 aromatic carbocycles. The lowest BCUT2D eigenvalue weighted by Crippen LogP contribution is -1.69. The van der Waals surface area contributed by atoms with Crippen LogP contribution in [0.15, 0.2) is 12.7 Å². The fraction of sp³-hybridized carbons (Fsp3) is 0.455. The Morgan fingerprint density at radius 2 is 1.33 bits per heavy atom. The van der Waals surface area contributed by atoms with Crippen LogP contribution in [-0.4, -0.2) is 24.6 Å². The second-order valence-corrected chi connectivity index (χ2v) is 2.09. The normalized spacial score (nSPS) is 5.60. The summed E-state index contributed by atoms with van der Waals surface area (Å²) in [6.45, 7) is 9.42. The van der Waals surface area contributed by atoms with Crippen LogP contribution in [-0.2, 0) is 19.2 Å². The summed E-state index contributed by atoms with van der Waals surface area (Å²) in [5.41, 5.74) is 0. The Morgan fingerprint density at radius 3 is 1.33 bits per heavy atom. The zero-order valence-electron chi connectivity index (χ0n) is 9.86. The highest BCUT2D eigenvalue weighted by molar-refractivity contribution is 5.72. The van der Waals surface area contributed by atoms with Crippen LogP contribution in [0.3, 0.4) is 0 Å². The van der Waals surface area contributed by atoms with Crippen LogP contribution in [0.1, 0.15) is 34.1 Å². The summed E-state index contributed by atoms with van der Waals surface area (Å²) in [6, 6.07) is 0. The van der Waals surface area contributed by atoms with Crippen molar-refractivity contribution in [1.29, 1.82) is 0 Å². The molecule has 0 fully saturated rings. The molecule has 0 unspecified atom stereocenters. The smallest absolute Gasteiger partial charge is 0.142 e. The molecular weight excluding hydrogens is 196 g/mol. The summed E-state index contributed by atoms with van der Waals surface area (Å²) >= 11 is 0. The molecule has 0 atom stereocenters. The number of hydrogen-bond acceptors (Lipinski definition) is 4. The molecule has 0 heterocycles. The van der Waals surface area contributed by atoms with E-state index in [1.807, 2.05) is 6.92 Å². The molecule has 0 aromatic heterocycles. The molecular formula is C11H20O4. The Balaban J connectivity index is -0.0000000542. The van der Waals surface area contributed by atoms with Crippen molar-refractivity contribution < 1.29 is 19.2 Å². The highest BCUT2D eigenvalue weighted by Crippen LogP contribution is 1.53. The molecule has 0 bridgehead atoms. The maximum absolute atomic E-state index is 9.44. The predicted octanol–water partition coefficient (Wildman–Crippen LogP) is 1.77. The van der Waals surface area contributed by atoms with E-state index >= 15 is 0 Å². The molecule has 0 rings (SSSR count). The van der Waals surface area contributed by atoms with Gasteiger partial charge in [-0.3, -0.25) is 4.79 Å². The van der Waals surface area contributed by atoms with Gasteiger partial charge in [-0.25, -0.2) is 0 Å². The van der Waals surface area contributed by atoms with Crippen LogP contribution >= 0.6 is 0 Å². The fourth-order valence-corrected chi connectivity index (χ4v) is 0. The molecule has 0 aliphatic rings. The van der Waals surface area contributed by atoms with E-state index < -0.39 is 0 Å². The minimum Gasteiger partial charge on any atom is -0.304 e. The highest BCUT2D eigenvalue weighted by Gasteiger charge is 1.62. The van der Waals surface area contributed by atoms with Crippen LogP contribution in [0.4, 0.5) is 0 Å². The van der Waals surface area contributed by atoms with Crippen LogP contribution in [0, 0.1) is 0 Å². The number of Topliss-reactive ketones (excluding diaryl/α,β-unsaturated/α-hetero) is 1. The van der Waals surface area contributed by atoms with Gasteiger partial charge < -0.3 is 14.4 Å². The van der Waals surface area contributed by atoms with Gasteiger partial charge in [0.2, 0.25) is 0 Å². The van der Waals surface area contributed by atoms with Gasteiger partial charge in [-0.05, 0) is 26.8 Å². The summed E-state index contributed by atoms with van der Waals surface area (Å²) in [6.07, 6.45) is 4.10. The zero-order valence-corrected chi connectivity index (χ0v) is 9.86. The summed E-state index contributed by atoms with van der Waals surface area (Å²) in [5.74, 6) is 0.167. The second-order valence-electron chi connectivity index (χ2n) is 2.09. The standard InChI is InChI=1S/2C3H6O.C3H4O.C2H4O/c1-3(2)4;2*1-2-3-4;1-2-3/h1-2H3;3H,2H2,1H3;2-3H,1H2;2H,1H3. The predicted molar refractivity (Wildman–Crippen MR) is 60.7 cm³/mol. The molecule has 4 heteroatoms. The maximum atomic E-state index is 9.44. The molecule has 0 aliphatic carbocycles. The van der Waals surface area contributed by atoms with Crippen molar-refractivity contribution in [1.82, 2.24) is 0 Å². The first-order valence-corrected chi connectivity index (χ1v) is 4.35. The van der Waals surface area contributed by atoms with E-state index in [1.165, 1.54) is 26.8 Å². The molecule has 0 aliphatic heterocycles. The zero-order chi connectivity index (χ0) is 13.1. The minimum absolute atomic E-state index is 0.167. The lowest BCUT2D eigenvalue weighted by Gasteiger charge is -1.56. The third-order valence-corrected chi connectivity index (χ3v) is 0.263. The van der Waals surface area contributed by atoms with E-state index in [0.29, 0.717) is 12.7 Å². The Bertz CT molecular complexity index is 152. The number of rotatable bonds is 2. The van der Waals surface area contributed by atoms with Crippen LogP contribution in [0.25, 0.3) is 0 Å². The van der Waals surface area contributed by atoms with Gasteiger partial charge in [-0.1, -0.05) is 13.5 Å². The molecule has 0 saturated carbocycles. The molecule has 0 saturated heterocycles. The van der Waals surface area contributed by atoms with Crippen molar-refractivity contribution in [3.8, 4) is 0 Å². The van der Waals surface area contributed by atoms with Crippen molar-refractivity contribution in [3.63, 3.8) is 0 Å². The van der Waals surface area contributed by atoms with Crippen molar-refractivity contribution >= 4 is 24.6 Å². The highest BCUT2D eigenvalue weighted by atomic mass is 16.1. The maximum Gasteiger partial charge on any atom is 0.142 e. The van der Waals surface area contributed by atoms with Crippen LogP contribution in [0.2, 0.25) is 0 Å². The van der Waals surface area contributed by atoms with Crippen molar-refractivity contribution in [2.45, 2.75) is 34.1 Å². The third-order valence-electron chi connectivity index (χ3n) is 0.263. The molecule has 4 nitrogen and oxygen atoms in total. The summed E-state index contributed by atoms with van der Waals surface area (Å²) in [5, 5.41) is 0. The molecule has 15 heavy (non-hydrogen) atoms. The van der Waals surface area contributed by atoms with Gasteiger partial charge in [-0.15, -0.1) is 0 Å². The largest absolute Gasteiger partial charge is 0.304 e. The Hall–Kier alpha value is -1.58. The van der Waals surface area contributed by atoms with E-state index in [9.17, 15) is 9.59 Å². The number of hydrogen-bond donors (Lipinski definition) is 0. The Morgan fingerprint density at radius 1 is 1.20 bits per heavy atom. The van der Waals surface area contributed by atoms with Crippen molar-refractivity contribution in [2.24, 2.45) is 0 Å². The van der Waals surface area contributed by atoms with Crippen molar-refractivity contribution in [3.05, 3.63) is 12.7 Å². The number of carbonyl (C=O) groups is 4. The molecule has 0 amide bonds. The average molecular weight is 216 g/mol. The SMILES string of the molecule is C=CC=O.CC(C)=O.CC=O.CCC=O. The Labute approximate surface area is 91.4 Å². The molecule has 88 valence electrons. The van der Waals surface area contributed by atoms with E-state index in [0.717, 1.165) is 12.6 Å². The molecule has 0 aromatic rings. The third kappa shape index (κ3) is 7640. The van der Waals surface area contributed by atoms with Gasteiger partial charge >= 0.3 is 0 Å². The molecule has 0 N–H and O–H groups in total. The first-order chi connectivity index (χ1) is 6.97. The van der Waals surface area contributed by atoms with Gasteiger partial charge in [0.15, 0.2) is 0 Å². The first-order valence-electron chi connectivity index (χ1n) is 4.35. The fourth-order valence-electron chi connectivity index (χ4n) is 0. The van der Waals surface area contributed by atoms with Gasteiger partial charge in [-0.2, -0.15) is 0 Å². The van der Waals surface area contributed by atoms with E-state index in [1.54, 1.807) is 0 Å². The lowest BCUT2D eigenvalue weighted by molar-refractivity contribution is -0.115. The quantitative estimate of drug-likeness (QED) is 0.521. The first kappa shape index (κ1) is 23.3. The van der Waals surface area contributed by atoms with Crippen LogP contribution in [0.5, 0.6) is 0 Å². The lowest BCUT2D eigenvalue weighted by atomic mass is 10.6. The summed E-state index contributed by atoms with van der Waals surface area (Å²) < 4.78 is 0. The van der Waals surface area contributed by atoms with Gasteiger partial charge in [0.1, 0.15) is 24.6 Å². The van der Waals surface area contributed by atoms with Gasteiger partial charge in [0.05, 0.1) is 0 Å². The van der Waals surface area contributed by atoms with Crippen LogP contribution < -0.4 is 0 Å². The summed E-state index contributed by atoms with van der Waals surface area (Å²) in [7, 11) is 0. The average Bonchev–Trinajstić information content (AvgIpc) is 2.18. The minimum atomic E-state index is 0.167. The van der Waals surface area contributed by atoms with Gasteiger partial charge in [0, 0.05) is 6.42 Å².